The Labute approximate surface area is 94.7 Å². The highest BCUT2D eigenvalue weighted by Crippen LogP contribution is 2.31. The molecule has 0 aliphatic rings. The van der Waals surface area contributed by atoms with E-state index in [1.807, 2.05) is 22.6 Å². The van der Waals surface area contributed by atoms with Gasteiger partial charge in [0.15, 0.2) is 5.75 Å². The molecule has 0 amide bonds. The van der Waals surface area contributed by atoms with Crippen molar-refractivity contribution < 1.29 is 13.9 Å². The van der Waals surface area contributed by atoms with Crippen LogP contribution in [0.25, 0.3) is 0 Å². The van der Waals surface area contributed by atoms with Crippen LogP contribution >= 0.6 is 45.2 Å². The van der Waals surface area contributed by atoms with Crippen molar-refractivity contribution in [2.45, 2.75) is 6.43 Å². The number of halogens is 4. The van der Waals surface area contributed by atoms with Crippen molar-refractivity contribution >= 4 is 45.2 Å². The van der Waals surface area contributed by atoms with Crippen LogP contribution in [0.3, 0.4) is 0 Å². The first-order valence-electron chi connectivity index (χ1n) is 2.85. The van der Waals surface area contributed by atoms with Crippen molar-refractivity contribution in [3.63, 3.8) is 0 Å². The van der Waals surface area contributed by atoms with E-state index in [9.17, 15) is 8.78 Å². The molecule has 1 aromatic heterocycles. The van der Waals surface area contributed by atoms with Gasteiger partial charge in [0.25, 0.3) is 6.43 Å². The number of rotatable bonds is 1. The monoisotopic (exact) mass is 397 g/mol. The lowest BCUT2D eigenvalue weighted by molar-refractivity contribution is 0.147. The number of hydrogen-bond donors (Lipinski definition) is 1. The largest absolute Gasteiger partial charge is 0.505 e. The van der Waals surface area contributed by atoms with Crippen LogP contribution in [0.5, 0.6) is 5.75 Å². The molecule has 1 N–H and O–H groups in total. The molecule has 0 unspecified atom stereocenters. The van der Waals surface area contributed by atoms with Crippen LogP contribution in [0.15, 0.2) is 6.07 Å². The molecule has 0 fully saturated rings. The third kappa shape index (κ3) is 2.15. The summed E-state index contributed by atoms with van der Waals surface area (Å²) in [5.74, 6) is -0.425. The van der Waals surface area contributed by atoms with Crippen molar-refractivity contribution in [3.05, 3.63) is 19.0 Å². The molecule has 2 nitrogen and oxygen atoms in total. The molecule has 0 aromatic carbocycles. The molecular weight excluding hydrogens is 394 g/mol. The van der Waals surface area contributed by atoms with Gasteiger partial charge >= 0.3 is 0 Å². The molecule has 66 valence electrons. The van der Waals surface area contributed by atoms with Crippen LogP contribution in [-0.4, -0.2) is 10.1 Å². The quantitative estimate of drug-likeness (QED) is 0.585. The summed E-state index contributed by atoms with van der Waals surface area (Å²) in [6.45, 7) is 0. The van der Waals surface area contributed by atoms with Crippen LogP contribution in [-0.2, 0) is 0 Å². The highest BCUT2D eigenvalue weighted by atomic mass is 127. The Kier molecular flexibility index (Phi) is 3.44. The van der Waals surface area contributed by atoms with E-state index < -0.39 is 12.2 Å². The standard InChI is InChI=1S/C6H3F2I2NO/c7-5(8)2-1-3(9)11-6(10)4(2)12/h1,5,12H. The predicted molar refractivity (Wildman–Crippen MR) is 56.3 cm³/mol. The molecule has 0 saturated heterocycles. The zero-order valence-corrected chi connectivity index (χ0v) is 9.88. The first-order chi connectivity index (χ1) is 5.52. The van der Waals surface area contributed by atoms with Gasteiger partial charge in [0.1, 0.15) is 7.40 Å². The number of pyridine rings is 1. The summed E-state index contributed by atoms with van der Waals surface area (Å²) < 4.78 is 25.0. The van der Waals surface area contributed by atoms with Gasteiger partial charge < -0.3 is 5.11 Å². The van der Waals surface area contributed by atoms with Crippen molar-refractivity contribution in [1.82, 2.24) is 4.98 Å². The van der Waals surface area contributed by atoms with E-state index in [1.165, 1.54) is 6.07 Å². The van der Waals surface area contributed by atoms with E-state index in [0.717, 1.165) is 0 Å². The Morgan fingerprint density at radius 2 is 2.00 bits per heavy atom. The maximum absolute atomic E-state index is 12.2. The van der Waals surface area contributed by atoms with Gasteiger partial charge in [-0.3, -0.25) is 0 Å². The van der Waals surface area contributed by atoms with Crippen molar-refractivity contribution in [2.24, 2.45) is 0 Å². The molecule has 1 rings (SSSR count). The highest BCUT2D eigenvalue weighted by molar-refractivity contribution is 14.1. The average molecular weight is 397 g/mol. The SMILES string of the molecule is Oc1c(C(F)F)cc(I)nc1I. The number of aromatic nitrogens is 1. The number of alkyl halides is 2. The Morgan fingerprint density at radius 3 is 2.50 bits per heavy atom. The van der Waals surface area contributed by atoms with E-state index in [4.69, 9.17) is 5.11 Å². The summed E-state index contributed by atoms with van der Waals surface area (Å²) in [5.41, 5.74) is -0.362. The van der Waals surface area contributed by atoms with Gasteiger partial charge in [-0.25, -0.2) is 13.8 Å². The Morgan fingerprint density at radius 1 is 1.42 bits per heavy atom. The van der Waals surface area contributed by atoms with Gasteiger partial charge in [0, 0.05) is 0 Å². The minimum absolute atomic E-state index is 0.204. The maximum atomic E-state index is 12.2. The number of hydrogen-bond acceptors (Lipinski definition) is 2. The predicted octanol–water partition coefficient (Wildman–Crippen LogP) is 2.93. The molecule has 1 aromatic rings. The molecule has 0 aliphatic heterocycles. The summed E-state index contributed by atoms with van der Waals surface area (Å²) in [6.07, 6.45) is -2.66. The van der Waals surface area contributed by atoms with Gasteiger partial charge in [-0.15, -0.1) is 0 Å². The molecule has 0 spiro atoms. The Hall–Kier alpha value is 0.270. The van der Waals surface area contributed by atoms with Crippen molar-refractivity contribution in [2.75, 3.05) is 0 Å². The fraction of sp³-hybridized carbons (Fsp3) is 0.167. The minimum Gasteiger partial charge on any atom is -0.505 e. The first kappa shape index (κ1) is 10.4. The molecule has 0 saturated carbocycles. The highest BCUT2D eigenvalue weighted by Gasteiger charge is 2.16. The maximum Gasteiger partial charge on any atom is 0.267 e. The van der Waals surface area contributed by atoms with Crippen LogP contribution < -0.4 is 0 Å². The molecule has 0 atom stereocenters. The smallest absolute Gasteiger partial charge is 0.267 e. The van der Waals surface area contributed by atoms with Crippen LogP contribution in [0, 0.1) is 7.40 Å². The summed E-state index contributed by atoms with van der Waals surface area (Å²) in [7, 11) is 0. The molecule has 12 heavy (non-hydrogen) atoms. The zero-order valence-electron chi connectivity index (χ0n) is 5.56. The summed E-state index contributed by atoms with van der Waals surface area (Å²) >= 11 is 3.53. The van der Waals surface area contributed by atoms with E-state index >= 15 is 0 Å². The molecule has 0 aliphatic carbocycles. The number of nitrogens with zero attached hydrogens (tertiary/aromatic N) is 1. The van der Waals surface area contributed by atoms with Crippen molar-refractivity contribution in [3.8, 4) is 5.75 Å². The van der Waals surface area contributed by atoms with Gasteiger partial charge in [0.2, 0.25) is 0 Å². The molecule has 1 heterocycles. The fourth-order valence-electron chi connectivity index (χ4n) is 0.661. The molecule has 6 heteroatoms. The van der Waals surface area contributed by atoms with Gasteiger partial charge in [-0.1, -0.05) is 0 Å². The Balaban J connectivity index is 3.28. The lowest BCUT2D eigenvalue weighted by Gasteiger charge is -2.04. The average Bonchev–Trinajstić information content (AvgIpc) is 1.96. The molecule has 0 radical (unpaired) electrons. The second-order valence-corrected chi connectivity index (χ2v) is 4.10. The van der Waals surface area contributed by atoms with Gasteiger partial charge in [-0.05, 0) is 51.2 Å². The third-order valence-corrected chi connectivity index (χ3v) is 2.49. The van der Waals surface area contributed by atoms with Gasteiger partial charge in [-0.2, -0.15) is 0 Å². The summed E-state index contributed by atoms with van der Waals surface area (Å²) in [4.78, 5) is 3.81. The molecule has 0 bridgehead atoms. The topological polar surface area (TPSA) is 33.1 Å². The zero-order chi connectivity index (χ0) is 9.30. The Bertz CT molecular complexity index is 306. The van der Waals surface area contributed by atoms with E-state index in [-0.39, 0.29) is 9.26 Å². The van der Waals surface area contributed by atoms with E-state index in [1.54, 1.807) is 22.6 Å². The molecular formula is C6H3F2I2NO. The minimum atomic E-state index is -2.66. The lowest BCUT2D eigenvalue weighted by Crippen LogP contribution is -1.93. The first-order valence-corrected chi connectivity index (χ1v) is 5.01. The third-order valence-electron chi connectivity index (χ3n) is 1.18. The normalized spacial score (nSPS) is 10.8. The van der Waals surface area contributed by atoms with E-state index in [2.05, 4.69) is 4.98 Å². The van der Waals surface area contributed by atoms with Crippen LogP contribution in [0.2, 0.25) is 0 Å². The fourth-order valence-corrected chi connectivity index (χ4v) is 2.27. The number of aromatic hydroxyl groups is 1. The van der Waals surface area contributed by atoms with Gasteiger partial charge in [0.05, 0.1) is 5.56 Å². The van der Waals surface area contributed by atoms with Crippen LogP contribution in [0.4, 0.5) is 8.78 Å². The second kappa shape index (κ2) is 3.99. The summed E-state index contributed by atoms with van der Waals surface area (Å²) in [6, 6.07) is 1.17. The van der Waals surface area contributed by atoms with Crippen LogP contribution in [0.1, 0.15) is 12.0 Å². The summed E-state index contributed by atoms with van der Waals surface area (Å²) in [5, 5.41) is 9.14. The van der Waals surface area contributed by atoms with E-state index in [0.29, 0.717) is 3.70 Å². The second-order valence-electron chi connectivity index (χ2n) is 1.97. The van der Waals surface area contributed by atoms with Crippen molar-refractivity contribution in [1.29, 1.82) is 0 Å². The lowest BCUT2D eigenvalue weighted by atomic mass is 10.2.